The van der Waals surface area contributed by atoms with Gasteiger partial charge in [0.15, 0.2) is 11.5 Å². The average molecular weight is 290 g/mol. The van der Waals surface area contributed by atoms with Crippen molar-refractivity contribution >= 4 is 5.97 Å². The van der Waals surface area contributed by atoms with E-state index >= 15 is 0 Å². The van der Waals surface area contributed by atoms with Crippen LogP contribution in [0.1, 0.15) is 21.9 Å². The van der Waals surface area contributed by atoms with Gasteiger partial charge in [0.25, 0.3) is 0 Å². The van der Waals surface area contributed by atoms with Crippen molar-refractivity contribution in [1.82, 2.24) is 0 Å². The normalized spacial score (nSPS) is 10.3. The number of ether oxygens (including phenoxy) is 3. The van der Waals surface area contributed by atoms with Crippen LogP contribution < -0.4 is 9.47 Å². The summed E-state index contributed by atoms with van der Waals surface area (Å²) in [6.45, 7) is 3.55. The zero-order valence-corrected chi connectivity index (χ0v) is 12.8. The average Bonchev–Trinajstić information content (AvgIpc) is 2.80. The summed E-state index contributed by atoms with van der Waals surface area (Å²) in [5, 5.41) is 0. The highest BCUT2D eigenvalue weighted by atomic mass is 16.5. The predicted molar refractivity (Wildman–Crippen MR) is 78.1 cm³/mol. The number of hydrogen-bond donors (Lipinski definition) is 0. The molecule has 0 aliphatic rings. The highest BCUT2D eigenvalue weighted by molar-refractivity contribution is 5.99. The van der Waals surface area contributed by atoms with Gasteiger partial charge in [-0.3, -0.25) is 0 Å². The third-order valence-corrected chi connectivity index (χ3v) is 3.32. The van der Waals surface area contributed by atoms with Crippen LogP contribution in [0, 0.1) is 13.8 Å². The van der Waals surface area contributed by atoms with Gasteiger partial charge >= 0.3 is 5.97 Å². The number of benzene rings is 1. The van der Waals surface area contributed by atoms with Crippen LogP contribution in [-0.2, 0) is 4.74 Å². The second kappa shape index (κ2) is 5.91. The molecule has 2 aromatic rings. The molecule has 0 spiro atoms. The molecular formula is C16H18O5. The first kappa shape index (κ1) is 15.0. The second-order valence-electron chi connectivity index (χ2n) is 4.53. The fourth-order valence-electron chi connectivity index (χ4n) is 2.37. The lowest BCUT2D eigenvalue weighted by molar-refractivity contribution is 0.0599. The number of furan rings is 1. The maximum Gasteiger partial charge on any atom is 0.342 e. The van der Waals surface area contributed by atoms with Crippen LogP contribution >= 0.6 is 0 Å². The van der Waals surface area contributed by atoms with Crippen LogP contribution in [0.2, 0.25) is 0 Å². The quantitative estimate of drug-likeness (QED) is 0.808. The van der Waals surface area contributed by atoms with Gasteiger partial charge in [-0.25, -0.2) is 4.79 Å². The number of aryl methyl sites for hydroxylation is 2. The van der Waals surface area contributed by atoms with Gasteiger partial charge in [0, 0.05) is 5.56 Å². The van der Waals surface area contributed by atoms with E-state index < -0.39 is 5.97 Å². The maximum atomic E-state index is 12.0. The summed E-state index contributed by atoms with van der Waals surface area (Å²) in [6, 6.07) is 5.45. The number of carbonyl (C=O) groups excluding carboxylic acids is 1. The van der Waals surface area contributed by atoms with Crippen molar-refractivity contribution in [3.05, 3.63) is 35.3 Å². The van der Waals surface area contributed by atoms with Crippen molar-refractivity contribution in [2.24, 2.45) is 0 Å². The Morgan fingerprint density at radius 2 is 1.67 bits per heavy atom. The zero-order valence-electron chi connectivity index (χ0n) is 12.8. The van der Waals surface area contributed by atoms with E-state index in [4.69, 9.17) is 18.6 Å². The van der Waals surface area contributed by atoms with Crippen molar-refractivity contribution in [3.8, 4) is 22.6 Å². The Labute approximate surface area is 123 Å². The number of carbonyl (C=O) groups is 1. The Kier molecular flexibility index (Phi) is 4.21. The Hall–Kier alpha value is -2.43. The zero-order chi connectivity index (χ0) is 15.6. The largest absolute Gasteiger partial charge is 0.493 e. The van der Waals surface area contributed by atoms with Gasteiger partial charge in [0.1, 0.15) is 17.1 Å². The molecule has 5 nitrogen and oxygen atoms in total. The number of hydrogen-bond acceptors (Lipinski definition) is 5. The molecule has 0 saturated heterocycles. The van der Waals surface area contributed by atoms with Crippen molar-refractivity contribution in [3.63, 3.8) is 0 Å². The highest BCUT2D eigenvalue weighted by Gasteiger charge is 2.24. The number of methoxy groups -OCH3 is 3. The van der Waals surface area contributed by atoms with E-state index in [-0.39, 0.29) is 0 Å². The Balaban J connectivity index is 2.64. The molecule has 0 saturated carbocycles. The van der Waals surface area contributed by atoms with Crippen molar-refractivity contribution in [2.45, 2.75) is 13.8 Å². The van der Waals surface area contributed by atoms with Crippen molar-refractivity contribution < 1.29 is 23.4 Å². The predicted octanol–water partition coefficient (Wildman–Crippen LogP) is 3.37. The number of esters is 1. The summed E-state index contributed by atoms with van der Waals surface area (Å²) in [4.78, 5) is 12.0. The SMILES string of the molecule is COC(=O)c1c(C)oc(C)c1-c1ccc(OC)c(OC)c1. The fourth-order valence-corrected chi connectivity index (χ4v) is 2.37. The molecule has 1 heterocycles. The maximum absolute atomic E-state index is 12.0. The Bertz CT molecular complexity index is 670. The minimum Gasteiger partial charge on any atom is -0.493 e. The Morgan fingerprint density at radius 3 is 2.24 bits per heavy atom. The van der Waals surface area contributed by atoms with E-state index in [0.717, 1.165) is 5.56 Å². The van der Waals surface area contributed by atoms with Crippen LogP contribution in [0.4, 0.5) is 0 Å². The molecule has 112 valence electrons. The first-order chi connectivity index (χ1) is 10.0. The van der Waals surface area contributed by atoms with Gasteiger partial charge in [-0.05, 0) is 31.5 Å². The van der Waals surface area contributed by atoms with Gasteiger partial charge in [-0.2, -0.15) is 0 Å². The summed E-state index contributed by atoms with van der Waals surface area (Å²) in [6.07, 6.45) is 0. The molecule has 0 bridgehead atoms. The smallest absolute Gasteiger partial charge is 0.342 e. The first-order valence-corrected chi connectivity index (χ1v) is 6.44. The standard InChI is InChI=1S/C16H18O5/c1-9-14(15(10(2)21-9)16(17)20-5)11-6-7-12(18-3)13(8-11)19-4/h6-8H,1-5H3. The summed E-state index contributed by atoms with van der Waals surface area (Å²) in [5.41, 5.74) is 1.95. The summed E-state index contributed by atoms with van der Waals surface area (Å²) < 4.78 is 20.9. The second-order valence-corrected chi connectivity index (χ2v) is 4.53. The lowest BCUT2D eigenvalue weighted by atomic mass is 10.00. The molecule has 0 aliphatic carbocycles. The van der Waals surface area contributed by atoms with Crippen LogP contribution in [0.3, 0.4) is 0 Å². The Morgan fingerprint density at radius 1 is 1.00 bits per heavy atom. The van der Waals surface area contributed by atoms with Crippen LogP contribution in [0.5, 0.6) is 11.5 Å². The fraction of sp³-hybridized carbons (Fsp3) is 0.312. The van der Waals surface area contributed by atoms with E-state index in [1.165, 1.54) is 7.11 Å². The van der Waals surface area contributed by atoms with Gasteiger partial charge < -0.3 is 18.6 Å². The van der Waals surface area contributed by atoms with Gasteiger partial charge in [0.2, 0.25) is 0 Å². The van der Waals surface area contributed by atoms with E-state index in [0.29, 0.717) is 34.1 Å². The molecular weight excluding hydrogens is 272 g/mol. The van der Waals surface area contributed by atoms with E-state index in [1.807, 2.05) is 19.1 Å². The molecule has 2 rings (SSSR count). The molecule has 21 heavy (non-hydrogen) atoms. The molecule has 1 aromatic heterocycles. The summed E-state index contributed by atoms with van der Waals surface area (Å²) in [7, 11) is 4.49. The van der Waals surface area contributed by atoms with Crippen LogP contribution in [0.15, 0.2) is 22.6 Å². The molecule has 0 fully saturated rings. The third kappa shape index (κ3) is 2.59. The highest BCUT2D eigenvalue weighted by Crippen LogP contribution is 2.37. The molecule has 5 heteroatoms. The van der Waals surface area contributed by atoms with Crippen molar-refractivity contribution in [1.29, 1.82) is 0 Å². The topological polar surface area (TPSA) is 57.9 Å². The molecule has 0 amide bonds. The van der Waals surface area contributed by atoms with Gasteiger partial charge in [-0.1, -0.05) is 6.07 Å². The molecule has 0 radical (unpaired) electrons. The van der Waals surface area contributed by atoms with Gasteiger partial charge in [0.05, 0.1) is 21.3 Å². The lowest BCUT2D eigenvalue weighted by Gasteiger charge is -2.10. The van der Waals surface area contributed by atoms with Crippen LogP contribution in [0.25, 0.3) is 11.1 Å². The molecule has 0 atom stereocenters. The van der Waals surface area contributed by atoms with E-state index in [2.05, 4.69) is 0 Å². The summed E-state index contributed by atoms with van der Waals surface area (Å²) >= 11 is 0. The van der Waals surface area contributed by atoms with Crippen molar-refractivity contribution in [2.75, 3.05) is 21.3 Å². The lowest BCUT2D eigenvalue weighted by Crippen LogP contribution is -2.03. The number of rotatable bonds is 4. The summed E-state index contributed by atoms with van der Waals surface area (Å²) in [5.74, 6) is 1.97. The molecule has 1 aromatic carbocycles. The van der Waals surface area contributed by atoms with E-state index in [1.54, 1.807) is 27.2 Å². The minimum atomic E-state index is -0.422. The molecule has 0 unspecified atom stereocenters. The van der Waals surface area contributed by atoms with Gasteiger partial charge in [-0.15, -0.1) is 0 Å². The van der Waals surface area contributed by atoms with Crippen LogP contribution in [-0.4, -0.2) is 27.3 Å². The minimum absolute atomic E-state index is 0.422. The third-order valence-electron chi connectivity index (χ3n) is 3.32. The van der Waals surface area contributed by atoms with E-state index in [9.17, 15) is 4.79 Å². The molecule has 0 N–H and O–H groups in total. The monoisotopic (exact) mass is 290 g/mol. The molecule has 0 aliphatic heterocycles. The first-order valence-electron chi connectivity index (χ1n) is 6.44.